The van der Waals surface area contributed by atoms with Gasteiger partial charge in [0.15, 0.2) is 22.7 Å². The molecule has 22 heavy (non-hydrogen) atoms. The van der Waals surface area contributed by atoms with Gasteiger partial charge < -0.3 is 20.7 Å². The standard InChI is InChI=1S/C12H12Cl2FN3O4/c1-5(19)7-8(20)12(14,2-3-13)10(22-7)18-4-6(15)9(16)17-11(18)21/h4-5,7-8,10,19-20H,1H3,(H2,16,17,21)/t5-,7+,8?,10+,12+/m0/s1. The van der Waals surface area contributed by atoms with Gasteiger partial charge in [0, 0.05) is 5.38 Å². The third-order valence-corrected chi connectivity index (χ3v) is 3.89. The maximum absolute atomic E-state index is 13.6. The monoisotopic (exact) mass is 351 g/mol. The lowest BCUT2D eigenvalue weighted by Gasteiger charge is -2.25. The third kappa shape index (κ3) is 2.66. The van der Waals surface area contributed by atoms with Crippen molar-refractivity contribution in [3.05, 3.63) is 22.5 Å². The molecular formula is C12H12Cl2FN3O4. The molecule has 2 rings (SSSR count). The molecule has 1 aliphatic heterocycles. The molecule has 0 radical (unpaired) electrons. The molecule has 1 unspecified atom stereocenters. The van der Waals surface area contributed by atoms with Gasteiger partial charge in [-0.2, -0.15) is 4.98 Å². The Bertz CT molecular complexity index is 702. The number of hydrogen-bond donors (Lipinski definition) is 3. The molecule has 0 bridgehead atoms. The molecular weight excluding hydrogens is 340 g/mol. The van der Waals surface area contributed by atoms with Gasteiger partial charge >= 0.3 is 5.69 Å². The second-order valence-electron chi connectivity index (χ2n) is 4.79. The second-order valence-corrected chi connectivity index (χ2v) is 5.60. The van der Waals surface area contributed by atoms with Gasteiger partial charge in [-0.3, -0.25) is 4.57 Å². The number of aliphatic hydroxyl groups is 2. The molecule has 1 aromatic heterocycles. The molecule has 0 saturated carbocycles. The van der Waals surface area contributed by atoms with Crippen LogP contribution in [0.15, 0.2) is 11.0 Å². The van der Waals surface area contributed by atoms with Crippen LogP contribution < -0.4 is 11.4 Å². The van der Waals surface area contributed by atoms with Gasteiger partial charge in [-0.1, -0.05) is 17.5 Å². The largest absolute Gasteiger partial charge is 0.391 e. The molecule has 5 atom stereocenters. The molecule has 1 fully saturated rings. The highest BCUT2D eigenvalue weighted by Gasteiger charge is 2.57. The summed E-state index contributed by atoms with van der Waals surface area (Å²) in [5, 5.41) is 21.9. The molecule has 0 spiro atoms. The molecule has 120 valence electrons. The first-order valence-electron chi connectivity index (χ1n) is 6.09. The van der Waals surface area contributed by atoms with E-state index in [0.29, 0.717) is 4.57 Å². The van der Waals surface area contributed by atoms with Crippen LogP contribution in [-0.2, 0) is 4.74 Å². The highest BCUT2D eigenvalue weighted by atomic mass is 35.5. The molecule has 2 heterocycles. The van der Waals surface area contributed by atoms with Crippen LogP contribution in [0.25, 0.3) is 0 Å². The summed E-state index contributed by atoms with van der Waals surface area (Å²) in [6, 6.07) is 0. The van der Waals surface area contributed by atoms with Crippen molar-refractivity contribution in [3.63, 3.8) is 0 Å². The fourth-order valence-corrected chi connectivity index (χ4v) is 2.72. The zero-order chi connectivity index (χ0) is 16.7. The average Bonchev–Trinajstić information content (AvgIpc) is 2.68. The first-order valence-corrected chi connectivity index (χ1v) is 6.85. The molecule has 10 heteroatoms. The van der Waals surface area contributed by atoms with Gasteiger partial charge in [0.2, 0.25) is 0 Å². The number of alkyl halides is 1. The summed E-state index contributed by atoms with van der Waals surface area (Å²) in [6.45, 7) is 1.35. The van der Waals surface area contributed by atoms with Crippen molar-refractivity contribution in [2.45, 2.75) is 36.3 Å². The maximum Gasteiger partial charge on any atom is 0.351 e. The number of anilines is 1. The first kappa shape index (κ1) is 17.0. The predicted molar refractivity (Wildman–Crippen MR) is 76.7 cm³/mol. The Morgan fingerprint density at radius 3 is 2.86 bits per heavy atom. The van der Waals surface area contributed by atoms with E-state index in [4.69, 9.17) is 33.7 Å². The van der Waals surface area contributed by atoms with E-state index in [0.717, 1.165) is 6.20 Å². The van der Waals surface area contributed by atoms with Gasteiger partial charge in [0.1, 0.15) is 12.2 Å². The van der Waals surface area contributed by atoms with Crippen LogP contribution in [0, 0.1) is 17.1 Å². The number of halogens is 3. The zero-order valence-corrected chi connectivity index (χ0v) is 12.7. The fourth-order valence-electron chi connectivity index (χ4n) is 2.19. The van der Waals surface area contributed by atoms with Gasteiger partial charge in [0.25, 0.3) is 0 Å². The number of nitrogens with zero attached hydrogens (tertiary/aromatic N) is 2. The maximum atomic E-state index is 13.6. The number of ether oxygens (including phenoxy) is 1. The Kier molecular flexibility index (Phi) is 4.65. The number of aromatic nitrogens is 2. The molecule has 1 aliphatic rings. The van der Waals surface area contributed by atoms with Crippen molar-refractivity contribution >= 4 is 29.0 Å². The molecule has 0 aliphatic carbocycles. The van der Waals surface area contributed by atoms with Crippen LogP contribution in [-0.4, -0.2) is 43.0 Å². The van der Waals surface area contributed by atoms with E-state index in [1.807, 2.05) is 5.38 Å². The summed E-state index contributed by atoms with van der Waals surface area (Å²) in [7, 11) is 0. The zero-order valence-electron chi connectivity index (χ0n) is 11.2. The van der Waals surface area contributed by atoms with Crippen molar-refractivity contribution < 1.29 is 19.3 Å². The molecule has 0 aromatic carbocycles. The Morgan fingerprint density at radius 2 is 2.32 bits per heavy atom. The van der Waals surface area contributed by atoms with Crippen molar-refractivity contribution in [1.29, 1.82) is 0 Å². The minimum atomic E-state index is -1.88. The van der Waals surface area contributed by atoms with Crippen LogP contribution in [0.2, 0.25) is 0 Å². The Balaban J connectivity index is 2.59. The van der Waals surface area contributed by atoms with E-state index in [1.54, 1.807) is 0 Å². The molecule has 1 saturated heterocycles. The number of nitrogens with two attached hydrogens (primary N) is 1. The summed E-state index contributed by atoms with van der Waals surface area (Å²) in [4.78, 5) is 13.3. The first-order chi connectivity index (χ1) is 10.2. The van der Waals surface area contributed by atoms with E-state index in [-0.39, 0.29) is 0 Å². The Morgan fingerprint density at radius 1 is 1.68 bits per heavy atom. The summed E-state index contributed by atoms with van der Waals surface area (Å²) >= 11 is 11.6. The normalized spacial score (nSPS) is 32.4. The van der Waals surface area contributed by atoms with E-state index in [2.05, 4.69) is 10.9 Å². The lowest BCUT2D eigenvalue weighted by atomic mass is 9.97. The number of hydrogen-bond acceptors (Lipinski definition) is 6. The van der Waals surface area contributed by atoms with E-state index in [9.17, 15) is 19.4 Å². The van der Waals surface area contributed by atoms with Crippen LogP contribution in [0.4, 0.5) is 10.2 Å². The van der Waals surface area contributed by atoms with Crippen LogP contribution in [0.1, 0.15) is 13.2 Å². The smallest absolute Gasteiger partial charge is 0.351 e. The van der Waals surface area contributed by atoms with Crippen LogP contribution >= 0.6 is 23.2 Å². The van der Waals surface area contributed by atoms with Gasteiger partial charge in [-0.25, -0.2) is 9.18 Å². The third-order valence-electron chi connectivity index (χ3n) is 3.29. The number of aliphatic hydroxyl groups excluding tert-OH is 2. The Labute approximate surface area is 134 Å². The quantitative estimate of drug-likeness (QED) is 0.502. The number of nitrogen functional groups attached to an aromatic ring is 1. The summed E-state index contributed by atoms with van der Waals surface area (Å²) < 4.78 is 19.7. The highest BCUT2D eigenvalue weighted by Crippen LogP contribution is 2.43. The fraction of sp³-hybridized carbons (Fsp3) is 0.500. The molecule has 1 aromatic rings. The van der Waals surface area contributed by atoms with Gasteiger partial charge in [0.05, 0.1) is 12.3 Å². The predicted octanol–water partition coefficient (Wildman–Crippen LogP) is -0.219. The van der Waals surface area contributed by atoms with Crippen molar-refractivity contribution in [2.75, 3.05) is 5.73 Å². The minimum absolute atomic E-state index is 0.588. The second kappa shape index (κ2) is 6.02. The minimum Gasteiger partial charge on any atom is -0.391 e. The molecule has 4 N–H and O–H groups in total. The summed E-state index contributed by atoms with van der Waals surface area (Å²) in [5.41, 5.74) is 4.25. The van der Waals surface area contributed by atoms with E-state index < -0.39 is 46.7 Å². The topological polar surface area (TPSA) is 111 Å². The van der Waals surface area contributed by atoms with E-state index >= 15 is 0 Å². The SMILES string of the molecule is C[C@H](O)[C@H]1O[C@@H](n2cc(F)c(N)nc2=O)[C@@](Cl)(C#CCl)C1O. The van der Waals surface area contributed by atoms with Crippen LogP contribution in [0.3, 0.4) is 0 Å². The van der Waals surface area contributed by atoms with Gasteiger partial charge in [-0.05, 0) is 18.5 Å². The summed E-state index contributed by atoms with van der Waals surface area (Å²) in [6.07, 6.45) is -4.47. The molecule has 0 amide bonds. The lowest BCUT2D eigenvalue weighted by molar-refractivity contribution is -0.0774. The average molecular weight is 352 g/mol. The number of rotatable bonds is 2. The van der Waals surface area contributed by atoms with Crippen molar-refractivity contribution in [3.8, 4) is 11.3 Å². The van der Waals surface area contributed by atoms with Crippen molar-refractivity contribution in [1.82, 2.24) is 9.55 Å². The van der Waals surface area contributed by atoms with Gasteiger partial charge in [-0.15, -0.1) is 0 Å². The highest BCUT2D eigenvalue weighted by molar-refractivity contribution is 6.32. The Hall–Kier alpha value is -1.37. The van der Waals surface area contributed by atoms with Crippen molar-refractivity contribution in [2.24, 2.45) is 0 Å². The van der Waals surface area contributed by atoms with E-state index in [1.165, 1.54) is 6.92 Å². The van der Waals surface area contributed by atoms with Crippen LogP contribution in [0.5, 0.6) is 0 Å². The lowest BCUT2D eigenvalue weighted by Crippen LogP contribution is -2.44. The molecule has 7 nitrogen and oxygen atoms in total. The summed E-state index contributed by atoms with van der Waals surface area (Å²) in [5.74, 6) is 0.755.